The third-order valence-electron chi connectivity index (χ3n) is 3.79. The van der Waals surface area contributed by atoms with Crippen molar-refractivity contribution in [3.63, 3.8) is 0 Å². The average Bonchev–Trinajstić information content (AvgIpc) is 2.55. The second kappa shape index (κ2) is 7.85. The number of rotatable bonds is 6. The van der Waals surface area contributed by atoms with E-state index in [0.717, 1.165) is 10.6 Å². The minimum atomic E-state index is -3.61. The first-order valence-electron chi connectivity index (χ1n) is 7.93. The van der Waals surface area contributed by atoms with Crippen LogP contribution >= 0.6 is 0 Å². The lowest BCUT2D eigenvalue weighted by Gasteiger charge is -2.34. The summed E-state index contributed by atoms with van der Waals surface area (Å²) in [6, 6.07) is 5.87. The molecule has 2 rings (SSSR count). The van der Waals surface area contributed by atoms with Gasteiger partial charge in [0, 0.05) is 13.1 Å². The van der Waals surface area contributed by atoms with Gasteiger partial charge in [-0.15, -0.1) is 0 Å². The zero-order chi connectivity index (χ0) is 17.7. The van der Waals surface area contributed by atoms with Gasteiger partial charge in [-0.1, -0.05) is 0 Å². The first kappa shape index (κ1) is 18.5. The van der Waals surface area contributed by atoms with E-state index in [1.54, 1.807) is 36.1 Å². The molecule has 0 bridgehead atoms. The van der Waals surface area contributed by atoms with Crippen LogP contribution in [0.5, 0.6) is 5.75 Å². The van der Waals surface area contributed by atoms with E-state index in [1.165, 1.54) is 0 Å². The van der Waals surface area contributed by atoms with Crippen molar-refractivity contribution in [3.8, 4) is 5.75 Å². The van der Waals surface area contributed by atoms with Crippen LogP contribution in [0.15, 0.2) is 24.3 Å². The third-order valence-corrected chi connectivity index (χ3v) is 5.03. The minimum absolute atomic E-state index is 0.224. The van der Waals surface area contributed by atoms with Crippen LogP contribution in [0.1, 0.15) is 13.8 Å². The van der Waals surface area contributed by atoms with E-state index in [1.807, 2.05) is 6.92 Å². The lowest BCUT2D eigenvalue weighted by atomic mass is 10.2. The van der Waals surface area contributed by atoms with E-state index < -0.39 is 16.1 Å². The highest BCUT2D eigenvalue weighted by molar-refractivity contribution is 7.92. The highest BCUT2D eigenvalue weighted by Gasteiger charge is 2.32. The van der Waals surface area contributed by atoms with Crippen LogP contribution in [-0.2, 0) is 19.6 Å². The first-order valence-corrected chi connectivity index (χ1v) is 9.78. The quantitative estimate of drug-likeness (QED) is 0.763. The number of benzene rings is 1. The number of amides is 1. The number of carbonyl (C=O) groups is 1. The number of morpholine rings is 1. The molecule has 0 radical (unpaired) electrons. The Morgan fingerprint density at radius 1 is 1.29 bits per heavy atom. The number of hydrogen-bond acceptors (Lipinski definition) is 5. The van der Waals surface area contributed by atoms with Crippen molar-refractivity contribution in [3.05, 3.63) is 24.3 Å². The topological polar surface area (TPSA) is 76.2 Å². The molecule has 1 heterocycles. The first-order chi connectivity index (χ1) is 11.3. The predicted molar refractivity (Wildman–Crippen MR) is 91.8 cm³/mol. The maximum atomic E-state index is 12.7. The average molecular weight is 356 g/mol. The van der Waals surface area contributed by atoms with Crippen molar-refractivity contribution in [2.24, 2.45) is 0 Å². The van der Waals surface area contributed by atoms with Crippen LogP contribution in [-0.4, -0.2) is 64.4 Å². The molecule has 1 fully saturated rings. The van der Waals surface area contributed by atoms with Crippen molar-refractivity contribution < 1.29 is 22.7 Å². The molecule has 0 saturated carbocycles. The van der Waals surface area contributed by atoms with Crippen LogP contribution in [0.3, 0.4) is 0 Å². The molecule has 1 atom stereocenters. The number of anilines is 1. The summed E-state index contributed by atoms with van der Waals surface area (Å²) in [6.07, 6.45) is 1.10. The second-order valence-corrected chi connectivity index (χ2v) is 7.46. The summed E-state index contributed by atoms with van der Waals surface area (Å²) >= 11 is 0. The number of sulfonamides is 1. The molecule has 0 aromatic heterocycles. The molecule has 0 aliphatic carbocycles. The number of hydrogen-bond donors (Lipinski definition) is 0. The molecule has 1 saturated heterocycles. The van der Waals surface area contributed by atoms with Gasteiger partial charge in [-0.25, -0.2) is 8.42 Å². The van der Waals surface area contributed by atoms with Gasteiger partial charge in [0.15, 0.2) is 0 Å². The van der Waals surface area contributed by atoms with Crippen molar-refractivity contribution in [1.82, 2.24) is 4.90 Å². The minimum Gasteiger partial charge on any atom is -0.494 e. The Bertz CT molecular complexity index is 654. The Morgan fingerprint density at radius 2 is 1.88 bits per heavy atom. The molecule has 0 spiro atoms. The molecule has 134 valence electrons. The molecule has 1 aliphatic heterocycles. The summed E-state index contributed by atoms with van der Waals surface area (Å²) in [7, 11) is -3.61. The normalized spacial score (nSPS) is 16.5. The van der Waals surface area contributed by atoms with Gasteiger partial charge in [0.1, 0.15) is 11.8 Å². The standard InChI is InChI=1S/C16H24N2O5S/c1-4-23-15-7-5-14(6-8-15)18(24(3,20)21)13(2)16(19)17-9-11-22-12-10-17/h5-8,13H,4,9-12H2,1-3H3/t13-/m1/s1. The van der Waals surface area contributed by atoms with Gasteiger partial charge in [-0.05, 0) is 38.1 Å². The molecular formula is C16H24N2O5S. The van der Waals surface area contributed by atoms with E-state index in [2.05, 4.69) is 0 Å². The summed E-state index contributed by atoms with van der Waals surface area (Å²) in [5.74, 6) is 0.430. The molecule has 7 nitrogen and oxygen atoms in total. The van der Waals surface area contributed by atoms with Gasteiger partial charge in [-0.3, -0.25) is 9.10 Å². The number of nitrogens with zero attached hydrogens (tertiary/aromatic N) is 2. The van der Waals surface area contributed by atoms with E-state index in [-0.39, 0.29) is 5.91 Å². The van der Waals surface area contributed by atoms with Crippen molar-refractivity contribution >= 4 is 21.6 Å². The molecule has 0 unspecified atom stereocenters. The Morgan fingerprint density at radius 3 is 2.38 bits per heavy atom. The Hall–Kier alpha value is -1.80. The fraction of sp³-hybridized carbons (Fsp3) is 0.562. The van der Waals surface area contributed by atoms with Crippen molar-refractivity contribution in [1.29, 1.82) is 0 Å². The van der Waals surface area contributed by atoms with Crippen LogP contribution in [0.25, 0.3) is 0 Å². The van der Waals surface area contributed by atoms with Crippen LogP contribution < -0.4 is 9.04 Å². The summed E-state index contributed by atoms with van der Waals surface area (Å²) in [6.45, 7) is 5.91. The molecule has 1 aromatic rings. The van der Waals surface area contributed by atoms with Gasteiger partial charge in [0.25, 0.3) is 0 Å². The number of carbonyl (C=O) groups excluding carboxylic acids is 1. The zero-order valence-corrected chi connectivity index (χ0v) is 15.1. The molecular weight excluding hydrogens is 332 g/mol. The fourth-order valence-corrected chi connectivity index (χ4v) is 3.88. The Balaban J connectivity index is 2.26. The van der Waals surface area contributed by atoms with E-state index in [0.29, 0.717) is 44.3 Å². The highest BCUT2D eigenvalue weighted by Crippen LogP contribution is 2.24. The Kier molecular flexibility index (Phi) is 6.06. The molecule has 24 heavy (non-hydrogen) atoms. The van der Waals surface area contributed by atoms with Gasteiger partial charge in [0.2, 0.25) is 15.9 Å². The van der Waals surface area contributed by atoms with Crippen LogP contribution in [0.2, 0.25) is 0 Å². The zero-order valence-electron chi connectivity index (χ0n) is 14.3. The van der Waals surface area contributed by atoms with Gasteiger partial charge >= 0.3 is 0 Å². The molecule has 1 aliphatic rings. The maximum absolute atomic E-state index is 12.7. The van der Waals surface area contributed by atoms with E-state index >= 15 is 0 Å². The van der Waals surface area contributed by atoms with Crippen molar-refractivity contribution in [2.45, 2.75) is 19.9 Å². The smallest absolute Gasteiger partial charge is 0.246 e. The maximum Gasteiger partial charge on any atom is 0.246 e. The van der Waals surface area contributed by atoms with Gasteiger partial charge in [-0.2, -0.15) is 0 Å². The lowest BCUT2D eigenvalue weighted by Crippen LogP contribution is -2.52. The lowest BCUT2D eigenvalue weighted by molar-refractivity contribution is -0.136. The highest BCUT2D eigenvalue weighted by atomic mass is 32.2. The predicted octanol–water partition coefficient (Wildman–Crippen LogP) is 1.10. The van der Waals surface area contributed by atoms with E-state index in [4.69, 9.17) is 9.47 Å². The molecule has 1 aromatic carbocycles. The van der Waals surface area contributed by atoms with Crippen LogP contribution in [0.4, 0.5) is 5.69 Å². The van der Waals surface area contributed by atoms with Gasteiger partial charge < -0.3 is 14.4 Å². The molecule has 1 amide bonds. The summed E-state index contributed by atoms with van der Waals surface area (Å²) in [4.78, 5) is 14.3. The van der Waals surface area contributed by atoms with E-state index in [9.17, 15) is 13.2 Å². The second-order valence-electron chi connectivity index (χ2n) is 5.60. The Labute approximate surface area is 143 Å². The van der Waals surface area contributed by atoms with Gasteiger partial charge in [0.05, 0.1) is 31.8 Å². The largest absolute Gasteiger partial charge is 0.494 e. The summed E-state index contributed by atoms with van der Waals surface area (Å²) < 4.78 is 36.3. The molecule has 0 N–H and O–H groups in total. The monoisotopic (exact) mass is 356 g/mol. The fourth-order valence-electron chi connectivity index (χ4n) is 2.71. The van der Waals surface area contributed by atoms with Crippen molar-refractivity contribution in [2.75, 3.05) is 43.5 Å². The SMILES string of the molecule is CCOc1ccc(N([C@H](C)C(=O)N2CCOCC2)S(C)(=O)=O)cc1. The third kappa shape index (κ3) is 4.39. The number of ether oxygens (including phenoxy) is 2. The van der Waals surface area contributed by atoms with Crippen LogP contribution in [0, 0.1) is 0 Å². The summed E-state index contributed by atoms with van der Waals surface area (Å²) in [5.41, 5.74) is 0.440. The summed E-state index contributed by atoms with van der Waals surface area (Å²) in [5, 5.41) is 0. The molecule has 8 heteroatoms.